The molecular weight excluding hydrogens is 278 g/mol. The highest BCUT2D eigenvalue weighted by atomic mass is 16.2. The quantitative estimate of drug-likeness (QED) is 0.901. The Morgan fingerprint density at radius 3 is 2.68 bits per heavy atom. The van der Waals surface area contributed by atoms with Gasteiger partial charge in [0.2, 0.25) is 11.8 Å². The van der Waals surface area contributed by atoms with Gasteiger partial charge in [-0.05, 0) is 24.9 Å². The summed E-state index contributed by atoms with van der Waals surface area (Å²) in [5.41, 5.74) is 6.65. The van der Waals surface area contributed by atoms with E-state index >= 15 is 0 Å². The van der Waals surface area contributed by atoms with Crippen LogP contribution >= 0.6 is 0 Å². The SMILES string of the molecule is NC(=O)C1CC(=O)N([C@@H]2CCCN(Cc3ccccc3)C2)C1. The third-order valence-electron chi connectivity index (χ3n) is 4.73. The van der Waals surface area contributed by atoms with E-state index in [4.69, 9.17) is 5.73 Å². The molecule has 2 fully saturated rings. The predicted molar refractivity (Wildman–Crippen MR) is 83.8 cm³/mol. The molecule has 0 saturated carbocycles. The molecule has 1 aromatic rings. The number of hydrogen-bond donors (Lipinski definition) is 1. The van der Waals surface area contributed by atoms with Gasteiger partial charge in [-0.25, -0.2) is 0 Å². The van der Waals surface area contributed by atoms with Gasteiger partial charge in [-0.1, -0.05) is 30.3 Å². The molecule has 2 aliphatic rings. The van der Waals surface area contributed by atoms with Crippen LogP contribution in [0.1, 0.15) is 24.8 Å². The van der Waals surface area contributed by atoms with E-state index in [0.29, 0.717) is 6.54 Å². The molecule has 1 aromatic carbocycles. The van der Waals surface area contributed by atoms with Gasteiger partial charge in [0.15, 0.2) is 0 Å². The first-order valence-electron chi connectivity index (χ1n) is 7.98. The van der Waals surface area contributed by atoms with Crippen molar-refractivity contribution < 1.29 is 9.59 Å². The number of amides is 2. The van der Waals surface area contributed by atoms with E-state index in [1.807, 2.05) is 11.0 Å². The molecule has 0 aliphatic carbocycles. The number of piperidine rings is 1. The maximum atomic E-state index is 12.2. The number of rotatable bonds is 4. The van der Waals surface area contributed by atoms with Crippen LogP contribution in [0, 0.1) is 5.92 Å². The van der Waals surface area contributed by atoms with E-state index in [2.05, 4.69) is 29.2 Å². The Balaban J connectivity index is 1.61. The van der Waals surface area contributed by atoms with Crippen LogP contribution in [0.4, 0.5) is 0 Å². The highest BCUT2D eigenvalue weighted by molar-refractivity contribution is 5.88. The lowest BCUT2D eigenvalue weighted by molar-refractivity contribution is -0.131. The Bertz CT molecular complexity index is 546. The fourth-order valence-corrected chi connectivity index (χ4v) is 3.55. The van der Waals surface area contributed by atoms with Crippen LogP contribution in [0.15, 0.2) is 30.3 Å². The van der Waals surface area contributed by atoms with Crippen molar-refractivity contribution in [1.29, 1.82) is 0 Å². The van der Waals surface area contributed by atoms with Gasteiger partial charge >= 0.3 is 0 Å². The van der Waals surface area contributed by atoms with Crippen molar-refractivity contribution in [1.82, 2.24) is 9.80 Å². The van der Waals surface area contributed by atoms with Crippen LogP contribution in [0.25, 0.3) is 0 Å². The molecule has 2 amide bonds. The van der Waals surface area contributed by atoms with E-state index in [1.165, 1.54) is 5.56 Å². The van der Waals surface area contributed by atoms with Gasteiger partial charge in [0.25, 0.3) is 0 Å². The van der Waals surface area contributed by atoms with E-state index < -0.39 is 0 Å². The molecule has 22 heavy (non-hydrogen) atoms. The first-order valence-corrected chi connectivity index (χ1v) is 7.98. The summed E-state index contributed by atoms with van der Waals surface area (Å²) in [6.45, 7) is 3.36. The third kappa shape index (κ3) is 3.30. The van der Waals surface area contributed by atoms with Crippen molar-refractivity contribution in [3.63, 3.8) is 0 Å². The highest BCUT2D eigenvalue weighted by Crippen LogP contribution is 2.25. The molecule has 2 atom stereocenters. The lowest BCUT2D eigenvalue weighted by Gasteiger charge is -2.37. The average Bonchev–Trinajstić information content (AvgIpc) is 2.91. The van der Waals surface area contributed by atoms with Gasteiger partial charge in [0.05, 0.1) is 5.92 Å². The predicted octanol–water partition coefficient (Wildman–Crippen LogP) is 0.985. The summed E-state index contributed by atoms with van der Waals surface area (Å²) in [6.07, 6.45) is 2.38. The molecule has 0 radical (unpaired) electrons. The number of likely N-dealkylation sites (tertiary alicyclic amines) is 2. The number of primary amides is 1. The van der Waals surface area contributed by atoms with Gasteiger partial charge in [-0.2, -0.15) is 0 Å². The molecule has 0 aromatic heterocycles. The van der Waals surface area contributed by atoms with Gasteiger partial charge in [-0.15, -0.1) is 0 Å². The van der Waals surface area contributed by atoms with E-state index in [-0.39, 0.29) is 30.2 Å². The van der Waals surface area contributed by atoms with Crippen molar-refractivity contribution in [2.24, 2.45) is 11.7 Å². The molecule has 0 spiro atoms. The molecule has 3 rings (SSSR count). The minimum atomic E-state index is -0.354. The topological polar surface area (TPSA) is 66.6 Å². The van der Waals surface area contributed by atoms with Crippen LogP contribution in [0.3, 0.4) is 0 Å². The van der Waals surface area contributed by atoms with Gasteiger partial charge in [0.1, 0.15) is 0 Å². The van der Waals surface area contributed by atoms with Crippen LogP contribution in [-0.2, 0) is 16.1 Å². The monoisotopic (exact) mass is 301 g/mol. The molecule has 5 heteroatoms. The third-order valence-corrected chi connectivity index (χ3v) is 4.73. The maximum absolute atomic E-state index is 12.2. The fraction of sp³-hybridized carbons (Fsp3) is 0.529. The summed E-state index contributed by atoms with van der Waals surface area (Å²) >= 11 is 0. The number of hydrogen-bond acceptors (Lipinski definition) is 3. The van der Waals surface area contributed by atoms with Gasteiger partial charge in [0, 0.05) is 32.1 Å². The standard InChI is InChI=1S/C17H23N3O2/c18-17(22)14-9-16(21)20(11-14)15-7-4-8-19(12-15)10-13-5-2-1-3-6-13/h1-3,5-6,14-15H,4,7-12H2,(H2,18,22)/t14?,15-/m1/s1. The van der Waals surface area contributed by atoms with E-state index in [9.17, 15) is 9.59 Å². The van der Waals surface area contributed by atoms with Crippen LogP contribution < -0.4 is 5.73 Å². The second-order valence-electron chi connectivity index (χ2n) is 6.37. The summed E-state index contributed by atoms with van der Waals surface area (Å²) in [5, 5.41) is 0. The number of nitrogens with zero attached hydrogens (tertiary/aromatic N) is 2. The van der Waals surface area contributed by atoms with Crippen LogP contribution in [-0.4, -0.2) is 47.3 Å². The van der Waals surface area contributed by atoms with Crippen molar-refractivity contribution in [3.05, 3.63) is 35.9 Å². The number of benzene rings is 1. The molecule has 2 saturated heterocycles. The number of carbonyl (C=O) groups is 2. The first-order chi connectivity index (χ1) is 10.6. The Kier molecular flexibility index (Phi) is 4.43. The summed E-state index contributed by atoms with van der Waals surface area (Å²) in [6, 6.07) is 10.6. The van der Waals surface area contributed by atoms with Crippen molar-refractivity contribution in [2.75, 3.05) is 19.6 Å². The second-order valence-corrected chi connectivity index (χ2v) is 6.37. The van der Waals surface area contributed by atoms with Gasteiger partial charge < -0.3 is 10.6 Å². The van der Waals surface area contributed by atoms with E-state index in [1.54, 1.807) is 0 Å². The molecule has 2 aliphatic heterocycles. The molecule has 5 nitrogen and oxygen atoms in total. The normalized spacial score (nSPS) is 26.4. The Hall–Kier alpha value is -1.88. The largest absolute Gasteiger partial charge is 0.369 e. The molecule has 118 valence electrons. The van der Waals surface area contributed by atoms with Crippen molar-refractivity contribution >= 4 is 11.8 Å². The average molecular weight is 301 g/mol. The smallest absolute Gasteiger partial charge is 0.223 e. The summed E-state index contributed by atoms with van der Waals surface area (Å²) in [7, 11) is 0. The summed E-state index contributed by atoms with van der Waals surface area (Å²) in [5.74, 6) is -0.583. The maximum Gasteiger partial charge on any atom is 0.223 e. The Morgan fingerprint density at radius 2 is 2.00 bits per heavy atom. The molecule has 2 N–H and O–H groups in total. The Labute approximate surface area is 131 Å². The van der Waals surface area contributed by atoms with Crippen molar-refractivity contribution in [2.45, 2.75) is 31.8 Å². The summed E-state index contributed by atoms with van der Waals surface area (Å²) in [4.78, 5) is 27.7. The van der Waals surface area contributed by atoms with E-state index in [0.717, 1.165) is 32.5 Å². The first kappa shape index (κ1) is 15.0. The lowest BCUT2D eigenvalue weighted by Crippen LogP contribution is -2.48. The molecule has 2 heterocycles. The zero-order valence-electron chi connectivity index (χ0n) is 12.8. The van der Waals surface area contributed by atoms with Crippen molar-refractivity contribution in [3.8, 4) is 0 Å². The fourth-order valence-electron chi connectivity index (χ4n) is 3.55. The lowest BCUT2D eigenvalue weighted by atomic mass is 10.0. The molecular formula is C17H23N3O2. The Morgan fingerprint density at radius 1 is 1.23 bits per heavy atom. The number of carbonyl (C=O) groups excluding carboxylic acids is 2. The molecule has 1 unspecified atom stereocenters. The minimum Gasteiger partial charge on any atom is -0.369 e. The molecule has 0 bridgehead atoms. The van der Waals surface area contributed by atoms with Crippen LogP contribution in [0.5, 0.6) is 0 Å². The summed E-state index contributed by atoms with van der Waals surface area (Å²) < 4.78 is 0. The highest BCUT2D eigenvalue weighted by Gasteiger charge is 2.38. The van der Waals surface area contributed by atoms with Crippen LogP contribution in [0.2, 0.25) is 0 Å². The zero-order valence-corrected chi connectivity index (χ0v) is 12.8. The number of nitrogens with two attached hydrogens (primary N) is 1. The zero-order chi connectivity index (χ0) is 15.5. The van der Waals surface area contributed by atoms with Gasteiger partial charge in [-0.3, -0.25) is 14.5 Å². The second kappa shape index (κ2) is 6.48. The minimum absolute atomic E-state index is 0.0790.